The quantitative estimate of drug-likeness (QED) is 0.424. The van der Waals surface area contributed by atoms with Gasteiger partial charge in [-0.05, 0) is 43.2 Å². The number of nitrogens with zero attached hydrogens (tertiary/aromatic N) is 1. The molecule has 0 fully saturated rings. The van der Waals surface area contributed by atoms with Crippen LogP contribution in [-0.4, -0.2) is 0 Å². The monoisotopic (exact) mass is 264 g/mol. The smallest absolute Gasteiger partial charge is 0.206 e. The van der Waals surface area contributed by atoms with Crippen LogP contribution in [0.5, 0.6) is 0 Å². The summed E-state index contributed by atoms with van der Waals surface area (Å²) in [6.45, 7) is 5.11. The number of aryl methyl sites for hydroxylation is 2. The van der Waals surface area contributed by atoms with E-state index in [1.165, 1.54) is 34.0 Å². The zero-order valence-corrected chi connectivity index (χ0v) is 11.6. The van der Waals surface area contributed by atoms with Crippen LogP contribution in [-0.2, 0) is 6.54 Å². The fraction of sp³-hybridized carbons (Fsp3) is 0.167. The molecule has 1 nitrogen and oxygen atoms in total. The third-order valence-electron chi connectivity index (χ3n) is 4.23. The third-order valence-corrected chi connectivity index (χ3v) is 4.23. The molecule has 0 aliphatic carbocycles. The molecule has 1 aromatic heterocycles. The minimum Gasteiger partial charge on any atom is -0.206 e. The number of pyridine rings is 1. The molecule has 2 heterocycles. The van der Waals surface area contributed by atoms with Gasteiger partial charge in [-0.25, -0.2) is 4.39 Å². The minimum absolute atomic E-state index is 0.151. The highest BCUT2D eigenvalue weighted by Gasteiger charge is 2.29. The highest BCUT2D eigenvalue weighted by Crippen LogP contribution is 2.32. The van der Waals surface area contributed by atoms with E-state index in [1.807, 2.05) is 18.2 Å². The van der Waals surface area contributed by atoms with Crippen molar-refractivity contribution in [2.24, 2.45) is 0 Å². The van der Waals surface area contributed by atoms with Crippen LogP contribution in [0.3, 0.4) is 0 Å². The first-order valence-corrected chi connectivity index (χ1v) is 6.87. The van der Waals surface area contributed by atoms with E-state index in [4.69, 9.17) is 0 Å². The van der Waals surface area contributed by atoms with Crippen molar-refractivity contribution >= 4 is 10.9 Å². The minimum atomic E-state index is -0.151. The summed E-state index contributed by atoms with van der Waals surface area (Å²) in [6, 6.07) is 13.7. The van der Waals surface area contributed by atoms with Gasteiger partial charge in [-0.3, -0.25) is 0 Å². The maximum atomic E-state index is 13.9. The molecule has 20 heavy (non-hydrogen) atoms. The second-order valence-corrected chi connectivity index (χ2v) is 5.59. The molecular formula is C18H15FN+. The summed E-state index contributed by atoms with van der Waals surface area (Å²) in [7, 11) is 0. The Labute approximate surface area is 117 Å². The Balaban J connectivity index is 2.09. The topological polar surface area (TPSA) is 3.88 Å². The Hall–Kier alpha value is -2.22. The highest BCUT2D eigenvalue weighted by molar-refractivity contribution is 5.79. The highest BCUT2D eigenvalue weighted by atomic mass is 19.1. The van der Waals surface area contributed by atoms with Crippen molar-refractivity contribution in [3.8, 4) is 11.3 Å². The van der Waals surface area contributed by atoms with Crippen LogP contribution in [0, 0.1) is 19.7 Å². The predicted molar refractivity (Wildman–Crippen MR) is 78.1 cm³/mol. The first kappa shape index (κ1) is 11.6. The Morgan fingerprint density at radius 3 is 2.75 bits per heavy atom. The van der Waals surface area contributed by atoms with E-state index in [0.717, 1.165) is 12.1 Å². The number of aromatic nitrogens is 1. The third kappa shape index (κ3) is 1.45. The number of fused-ring (bicyclic) bond motifs is 5. The summed E-state index contributed by atoms with van der Waals surface area (Å²) in [5.41, 5.74) is 7.38. The average molecular weight is 264 g/mol. The average Bonchev–Trinajstić information content (AvgIpc) is 2.79. The lowest BCUT2D eigenvalue weighted by molar-refractivity contribution is -0.645. The van der Waals surface area contributed by atoms with Gasteiger partial charge in [0.15, 0.2) is 6.54 Å². The number of hydrogen-bond donors (Lipinski definition) is 0. The molecule has 0 atom stereocenters. The van der Waals surface area contributed by atoms with Gasteiger partial charge in [0.2, 0.25) is 11.2 Å². The van der Waals surface area contributed by atoms with E-state index in [2.05, 4.69) is 30.5 Å². The Bertz CT molecular complexity index is 865. The van der Waals surface area contributed by atoms with Gasteiger partial charge in [0.1, 0.15) is 5.82 Å². The van der Waals surface area contributed by atoms with E-state index < -0.39 is 0 Å². The summed E-state index contributed by atoms with van der Waals surface area (Å²) < 4.78 is 16.1. The molecule has 1 aliphatic heterocycles. The van der Waals surface area contributed by atoms with Crippen molar-refractivity contribution in [2.75, 3.05) is 0 Å². The number of rotatable bonds is 0. The fourth-order valence-corrected chi connectivity index (χ4v) is 3.31. The fourth-order valence-electron chi connectivity index (χ4n) is 3.31. The van der Waals surface area contributed by atoms with E-state index >= 15 is 0 Å². The van der Waals surface area contributed by atoms with Crippen molar-refractivity contribution in [3.63, 3.8) is 0 Å². The first-order chi connectivity index (χ1) is 9.65. The molecule has 2 aromatic carbocycles. The van der Waals surface area contributed by atoms with Crippen molar-refractivity contribution in [2.45, 2.75) is 20.4 Å². The van der Waals surface area contributed by atoms with E-state index in [0.29, 0.717) is 5.39 Å². The lowest BCUT2D eigenvalue weighted by Gasteiger charge is -2.01. The van der Waals surface area contributed by atoms with Gasteiger partial charge in [0.05, 0.1) is 10.9 Å². The Morgan fingerprint density at radius 1 is 1.05 bits per heavy atom. The van der Waals surface area contributed by atoms with Crippen molar-refractivity contribution in [1.29, 1.82) is 0 Å². The van der Waals surface area contributed by atoms with E-state index in [9.17, 15) is 4.39 Å². The largest absolute Gasteiger partial charge is 0.216 e. The molecule has 0 radical (unpaired) electrons. The zero-order chi connectivity index (χ0) is 13.9. The summed E-state index contributed by atoms with van der Waals surface area (Å²) in [6.07, 6.45) is 0. The van der Waals surface area contributed by atoms with Crippen LogP contribution in [0.15, 0.2) is 42.5 Å². The van der Waals surface area contributed by atoms with Crippen molar-refractivity contribution in [1.82, 2.24) is 0 Å². The second kappa shape index (κ2) is 3.89. The van der Waals surface area contributed by atoms with Gasteiger partial charge in [-0.1, -0.05) is 12.1 Å². The van der Waals surface area contributed by atoms with Crippen molar-refractivity contribution in [3.05, 3.63) is 65.0 Å². The van der Waals surface area contributed by atoms with Crippen LogP contribution in [0.1, 0.15) is 16.7 Å². The summed E-state index contributed by atoms with van der Waals surface area (Å²) in [5, 5.41) is 0.693. The maximum Gasteiger partial charge on any atom is 0.216 e. The lowest BCUT2D eigenvalue weighted by atomic mass is 9.99. The van der Waals surface area contributed by atoms with Crippen LogP contribution in [0.4, 0.5) is 4.39 Å². The molecule has 0 N–H and O–H groups in total. The number of hydrogen-bond acceptors (Lipinski definition) is 0. The standard InChI is InChI=1S/C18H15FN/c1-11-8-12(2)15-10-20-17-5-3-4-16(19)13(17)6-7-18(20)14(15)9-11/h3-9H,10H2,1-2H3/q+1. The van der Waals surface area contributed by atoms with Crippen LogP contribution < -0.4 is 4.57 Å². The van der Waals surface area contributed by atoms with E-state index in [-0.39, 0.29) is 5.82 Å². The van der Waals surface area contributed by atoms with Gasteiger partial charge in [0, 0.05) is 17.7 Å². The SMILES string of the molecule is Cc1cc(C)c2c(c1)-c1ccc3c(F)cccc3[n+]1C2. The van der Waals surface area contributed by atoms with Crippen molar-refractivity contribution < 1.29 is 8.96 Å². The predicted octanol–water partition coefficient (Wildman–Crippen LogP) is 3.91. The molecule has 0 spiro atoms. The lowest BCUT2D eigenvalue weighted by Crippen LogP contribution is -2.33. The molecule has 0 saturated heterocycles. The summed E-state index contributed by atoms with van der Waals surface area (Å²) >= 11 is 0. The zero-order valence-electron chi connectivity index (χ0n) is 11.6. The molecule has 0 unspecified atom stereocenters. The normalized spacial score (nSPS) is 12.6. The molecule has 1 aliphatic rings. The second-order valence-electron chi connectivity index (χ2n) is 5.59. The number of halogens is 1. The van der Waals surface area contributed by atoms with Gasteiger partial charge in [0.25, 0.3) is 0 Å². The Morgan fingerprint density at radius 2 is 1.90 bits per heavy atom. The first-order valence-electron chi connectivity index (χ1n) is 6.87. The maximum absolute atomic E-state index is 13.9. The summed E-state index contributed by atoms with van der Waals surface area (Å²) in [4.78, 5) is 0. The van der Waals surface area contributed by atoms with Crippen LogP contribution >= 0.6 is 0 Å². The Kier molecular flexibility index (Phi) is 2.25. The molecule has 0 bridgehead atoms. The van der Waals surface area contributed by atoms with Gasteiger partial charge >= 0.3 is 0 Å². The van der Waals surface area contributed by atoms with Crippen LogP contribution in [0.25, 0.3) is 22.2 Å². The molecule has 98 valence electrons. The van der Waals surface area contributed by atoms with Gasteiger partial charge < -0.3 is 0 Å². The molecule has 0 saturated carbocycles. The number of benzene rings is 2. The molecule has 4 rings (SSSR count). The molecule has 0 amide bonds. The molecular weight excluding hydrogens is 249 g/mol. The van der Waals surface area contributed by atoms with Gasteiger partial charge in [-0.2, -0.15) is 4.57 Å². The van der Waals surface area contributed by atoms with Gasteiger partial charge in [-0.15, -0.1) is 0 Å². The molecule has 3 aromatic rings. The van der Waals surface area contributed by atoms with Crippen LogP contribution in [0.2, 0.25) is 0 Å². The summed E-state index contributed by atoms with van der Waals surface area (Å²) in [5.74, 6) is -0.151. The molecule has 2 heteroatoms. The van der Waals surface area contributed by atoms with E-state index in [1.54, 1.807) is 6.07 Å².